The van der Waals surface area contributed by atoms with Gasteiger partial charge in [-0.25, -0.2) is 0 Å². The number of amides is 1. The van der Waals surface area contributed by atoms with Crippen molar-refractivity contribution in [3.8, 4) is 16.9 Å². The van der Waals surface area contributed by atoms with Crippen molar-refractivity contribution in [3.63, 3.8) is 0 Å². The van der Waals surface area contributed by atoms with Crippen LogP contribution in [0.25, 0.3) is 23.0 Å². The van der Waals surface area contributed by atoms with Crippen LogP contribution in [0, 0.1) is 17.8 Å². The fourth-order valence-corrected chi connectivity index (χ4v) is 7.04. The molecule has 0 spiro atoms. The number of carbonyl (C=O) groups excluding carboxylic acids is 3. The van der Waals surface area contributed by atoms with Crippen molar-refractivity contribution in [2.45, 2.75) is 56.9 Å². The Labute approximate surface area is 250 Å². The lowest BCUT2D eigenvalue weighted by Crippen LogP contribution is -2.73. The quantitative estimate of drug-likeness (QED) is 0.286. The van der Waals surface area contributed by atoms with Crippen molar-refractivity contribution in [1.82, 2.24) is 10.2 Å². The molecule has 10 heteroatoms. The maximum absolute atomic E-state index is 14.0. The molecular formula is C33H39N3O7. The zero-order chi connectivity index (χ0) is 31.6. The van der Waals surface area contributed by atoms with E-state index >= 15 is 0 Å². The molecule has 228 valence electrons. The molecule has 2 aromatic carbocycles. The minimum absolute atomic E-state index is 0.0643. The second-order valence-corrected chi connectivity index (χ2v) is 13.1. The number of hydrogen-bond acceptors (Lipinski definition) is 9. The van der Waals surface area contributed by atoms with Crippen molar-refractivity contribution in [3.05, 3.63) is 64.9 Å². The molecule has 3 aliphatic carbocycles. The van der Waals surface area contributed by atoms with Crippen LogP contribution in [0.3, 0.4) is 0 Å². The number of aliphatic hydroxyl groups is 3. The number of phenols is 1. The molecule has 6 atom stereocenters. The molecule has 0 radical (unpaired) electrons. The molecule has 7 N–H and O–H groups in total. The molecular weight excluding hydrogens is 550 g/mol. The van der Waals surface area contributed by atoms with Crippen molar-refractivity contribution in [2.24, 2.45) is 23.5 Å². The number of phenolic OH excluding ortho intramolecular Hbond substituents is 1. The van der Waals surface area contributed by atoms with E-state index in [2.05, 4.69) is 26.1 Å². The third-order valence-corrected chi connectivity index (χ3v) is 8.99. The maximum Gasteiger partial charge on any atom is 0.230 e. The van der Waals surface area contributed by atoms with E-state index in [9.17, 15) is 34.8 Å². The van der Waals surface area contributed by atoms with Gasteiger partial charge >= 0.3 is 0 Å². The maximum atomic E-state index is 14.0. The second-order valence-electron chi connectivity index (χ2n) is 13.1. The van der Waals surface area contributed by atoms with Gasteiger partial charge in [-0.2, -0.15) is 0 Å². The molecule has 0 saturated heterocycles. The molecule has 1 amide bonds. The van der Waals surface area contributed by atoms with Gasteiger partial charge in [-0.05, 0) is 94.2 Å². The Kier molecular flexibility index (Phi) is 7.53. The molecule has 5 rings (SSSR count). The van der Waals surface area contributed by atoms with Gasteiger partial charge in [0.2, 0.25) is 11.7 Å². The Hall–Kier alpha value is -3.99. The van der Waals surface area contributed by atoms with Gasteiger partial charge in [0, 0.05) is 23.1 Å². The van der Waals surface area contributed by atoms with E-state index in [0.29, 0.717) is 5.56 Å². The van der Waals surface area contributed by atoms with Gasteiger partial charge in [0.1, 0.15) is 17.4 Å². The Morgan fingerprint density at radius 1 is 1.09 bits per heavy atom. The van der Waals surface area contributed by atoms with Crippen LogP contribution in [-0.4, -0.2) is 80.2 Å². The monoisotopic (exact) mass is 589 g/mol. The van der Waals surface area contributed by atoms with Crippen molar-refractivity contribution in [2.75, 3.05) is 14.1 Å². The lowest BCUT2D eigenvalue weighted by Gasteiger charge is -2.53. The number of rotatable bonds is 5. The minimum atomic E-state index is -2.68. The standard InChI is InChI=1S/C33H39N3O7/c1-32(2,3)35-13-12-16-6-8-17(9-7-16)19-10-11-22(37)24-20(19)14-18-15-21-26(36(4)5)28(39)25(31(34)42)30(41)33(21,43)29(40)23(18)27(24)38/h6-13,18,21,25-26,28,35,37-39,43H,14-15H2,1-5H3,(H2,34,42)/b13-12-/t18-,21-,25?,26-,28?,33-/m1/s1. The largest absolute Gasteiger partial charge is 0.507 e. The number of fused-ring (bicyclic) bond motifs is 3. The zero-order valence-electron chi connectivity index (χ0n) is 25.0. The highest BCUT2D eigenvalue weighted by molar-refractivity contribution is 6.25. The molecule has 43 heavy (non-hydrogen) atoms. The van der Waals surface area contributed by atoms with Crippen molar-refractivity contribution in [1.29, 1.82) is 0 Å². The van der Waals surface area contributed by atoms with Crippen LogP contribution in [0.4, 0.5) is 0 Å². The lowest BCUT2D eigenvalue weighted by molar-refractivity contribution is -0.184. The summed E-state index contributed by atoms with van der Waals surface area (Å²) in [5.74, 6) is -7.59. The number of nitrogens with two attached hydrogens (primary N) is 1. The number of Topliss-reactive ketones (excluding diaryl/α,β-unsaturated/α-hetero) is 2. The van der Waals surface area contributed by atoms with Gasteiger partial charge < -0.3 is 36.4 Å². The smallest absolute Gasteiger partial charge is 0.230 e. The molecule has 0 aromatic heterocycles. The zero-order valence-corrected chi connectivity index (χ0v) is 25.0. The van der Waals surface area contributed by atoms with Crippen LogP contribution >= 0.6 is 0 Å². The molecule has 3 aliphatic rings. The van der Waals surface area contributed by atoms with Crippen molar-refractivity contribution >= 4 is 29.3 Å². The third kappa shape index (κ3) is 4.93. The number of ketones is 2. The van der Waals surface area contributed by atoms with Crippen LogP contribution in [0.1, 0.15) is 43.9 Å². The van der Waals surface area contributed by atoms with Gasteiger partial charge in [0.25, 0.3) is 0 Å². The molecule has 2 fully saturated rings. The molecule has 2 saturated carbocycles. The number of hydrogen-bond donors (Lipinski definition) is 6. The Morgan fingerprint density at radius 3 is 2.33 bits per heavy atom. The second kappa shape index (κ2) is 10.6. The summed E-state index contributed by atoms with van der Waals surface area (Å²) >= 11 is 0. The average molecular weight is 590 g/mol. The summed E-state index contributed by atoms with van der Waals surface area (Å²) in [6.45, 7) is 6.20. The Bertz CT molecular complexity index is 1550. The average Bonchev–Trinajstić information content (AvgIpc) is 2.90. The van der Waals surface area contributed by atoms with Crippen LogP contribution in [0.15, 0.2) is 48.2 Å². The van der Waals surface area contributed by atoms with Gasteiger partial charge in [0.15, 0.2) is 11.4 Å². The minimum Gasteiger partial charge on any atom is -0.507 e. The Morgan fingerprint density at radius 2 is 1.74 bits per heavy atom. The highest BCUT2D eigenvalue weighted by atomic mass is 16.3. The first-order valence-corrected chi connectivity index (χ1v) is 14.4. The predicted octanol–water partition coefficient (Wildman–Crippen LogP) is 2.15. The summed E-state index contributed by atoms with van der Waals surface area (Å²) in [5, 5.41) is 48.4. The van der Waals surface area contributed by atoms with E-state index in [1.807, 2.05) is 36.5 Å². The number of nitrogens with one attached hydrogen (secondary N) is 1. The molecule has 10 nitrogen and oxygen atoms in total. The first-order valence-electron chi connectivity index (χ1n) is 14.4. The highest BCUT2D eigenvalue weighted by Crippen LogP contribution is 2.53. The number of aromatic hydroxyl groups is 1. The summed E-state index contributed by atoms with van der Waals surface area (Å²) < 4.78 is 0. The number of primary amides is 1. The fraction of sp³-hybridized carbons (Fsp3) is 0.424. The van der Waals surface area contributed by atoms with E-state index in [-0.39, 0.29) is 35.3 Å². The highest BCUT2D eigenvalue weighted by Gasteiger charge is 2.67. The summed E-state index contributed by atoms with van der Waals surface area (Å²) in [5.41, 5.74) is 5.79. The molecule has 0 heterocycles. The van der Waals surface area contributed by atoms with Crippen LogP contribution in [-0.2, 0) is 20.8 Å². The van der Waals surface area contributed by atoms with Gasteiger partial charge in [-0.1, -0.05) is 30.3 Å². The lowest BCUT2D eigenvalue weighted by atomic mass is 9.54. The summed E-state index contributed by atoms with van der Waals surface area (Å²) in [7, 11) is 3.25. The SMILES string of the molecule is CN(C)[C@H]1C(O)C(C(N)=O)C(=O)[C@]2(O)C(=O)C3=C(O)c4c(O)ccc(-c5ccc(/C=C\NC(C)(C)C)cc5)c4C[C@@H]3C[C@H]12. The van der Waals surface area contributed by atoms with E-state index < -0.39 is 58.7 Å². The number of aliphatic hydroxyl groups excluding tert-OH is 2. The predicted molar refractivity (Wildman–Crippen MR) is 161 cm³/mol. The number of nitrogens with zero attached hydrogens (tertiary/aromatic N) is 1. The van der Waals surface area contributed by atoms with Crippen LogP contribution < -0.4 is 11.1 Å². The number of benzene rings is 2. The molecule has 2 unspecified atom stereocenters. The first-order chi connectivity index (χ1) is 20.1. The number of likely N-dealkylation sites (N-methyl/N-ethyl adjacent to an activating group) is 1. The van der Waals surface area contributed by atoms with E-state index in [0.717, 1.165) is 16.7 Å². The van der Waals surface area contributed by atoms with Crippen molar-refractivity contribution < 1.29 is 34.8 Å². The summed E-state index contributed by atoms with van der Waals surface area (Å²) in [6.07, 6.45) is 2.62. The van der Waals surface area contributed by atoms with Gasteiger partial charge in [0.05, 0.1) is 11.7 Å². The first kappa shape index (κ1) is 30.5. The van der Waals surface area contributed by atoms with E-state index in [4.69, 9.17) is 5.73 Å². The third-order valence-electron chi connectivity index (χ3n) is 8.99. The van der Waals surface area contributed by atoms with Crippen LogP contribution in [0.5, 0.6) is 5.75 Å². The topological polar surface area (TPSA) is 173 Å². The number of carbonyl (C=O) groups is 3. The molecule has 2 aromatic rings. The normalized spacial score (nSPS) is 29.0. The van der Waals surface area contributed by atoms with Gasteiger partial charge in [-0.3, -0.25) is 14.4 Å². The van der Waals surface area contributed by atoms with E-state index in [1.165, 1.54) is 6.07 Å². The summed E-state index contributed by atoms with van der Waals surface area (Å²) in [6, 6.07) is 10.0. The Balaban J connectivity index is 1.58. The van der Waals surface area contributed by atoms with Crippen LogP contribution in [0.2, 0.25) is 0 Å². The molecule has 0 aliphatic heterocycles. The van der Waals surface area contributed by atoms with Gasteiger partial charge in [-0.15, -0.1) is 0 Å². The molecule has 0 bridgehead atoms. The summed E-state index contributed by atoms with van der Waals surface area (Å²) in [4.78, 5) is 41.3. The fourth-order valence-electron chi connectivity index (χ4n) is 7.04. The van der Waals surface area contributed by atoms with E-state index in [1.54, 1.807) is 25.1 Å².